The van der Waals surface area contributed by atoms with Gasteiger partial charge in [-0.05, 0) is 26.0 Å². The monoisotopic (exact) mass is 197 g/mol. The summed E-state index contributed by atoms with van der Waals surface area (Å²) in [6.45, 7) is 3.87. The summed E-state index contributed by atoms with van der Waals surface area (Å²) >= 11 is 0. The summed E-state index contributed by atoms with van der Waals surface area (Å²) < 4.78 is 18.1. The maximum Gasteiger partial charge on any atom is 0.131 e. The smallest absolute Gasteiger partial charge is 0.131 e. The van der Waals surface area contributed by atoms with E-state index in [4.69, 9.17) is 9.94 Å². The summed E-state index contributed by atoms with van der Waals surface area (Å²) in [6, 6.07) is 4.09. The van der Waals surface area contributed by atoms with E-state index in [2.05, 4.69) is 5.16 Å². The van der Waals surface area contributed by atoms with Crippen LogP contribution in [0.2, 0.25) is 0 Å². The molecule has 1 rings (SSSR count). The zero-order valence-electron chi connectivity index (χ0n) is 8.12. The van der Waals surface area contributed by atoms with Crippen molar-refractivity contribution in [3.05, 3.63) is 29.6 Å². The molecule has 0 heterocycles. The highest BCUT2D eigenvalue weighted by Crippen LogP contribution is 2.20. The number of hydrogen-bond acceptors (Lipinski definition) is 3. The Morgan fingerprint density at radius 2 is 2.29 bits per heavy atom. The molecule has 1 aromatic carbocycles. The zero-order valence-corrected chi connectivity index (χ0v) is 8.12. The van der Waals surface area contributed by atoms with Crippen molar-refractivity contribution >= 4 is 5.71 Å². The molecule has 0 aliphatic carbocycles. The highest BCUT2D eigenvalue weighted by molar-refractivity contribution is 6.00. The Kier molecular flexibility index (Phi) is 3.45. The van der Waals surface area contributed by atoms with Crippen molar-refractivity contribution in [2.45, 2.75) is 13.8 Å². The highest BCUT2D eigenvalue weighted by atomic mass is 19.1. The summed E-state index contributed by atoms with van der Waals surface area (Å²) in [6.07, 6.45) is 0. The van der Waals surface area contributed by atoms with Crippen molar-refractivity contribution in [2.24, 2.45) is 5.16 Å². The van der Waals surface area contributed by atoms with Gasteiger partial charge < -0.3 is 9.94 Å². The Hall–Kier alpha value is -1.58. The molecule has 4 heteroatoms. The van der Waals surface area contributed by atoms with Gasteiger partial charge in [0.25, 0.3) is 0 Å². The van der Waals surface area contributed by atoms with E-state index in [-0.39, 0.29) is 5.82 Å². The molecule has 76 valence electrons. The molecule has 0 saturated carbocycles. The maximum atomic E-state index is 12.9. The average molecular weight is 197 g/mol. The largest absolute Gasteiger partial charge is 0.493 e. The number of rotatable bonds is 3. The van der Waals surface area contributed by atoms with E-state index < -0.39 is 0 Å². The molecule has 0 amide bonds. The maximum absolute atomic E-state index is 12.9. The van der Waals surface area contributed by atoms with Crippen molar-refractivity contribution in [3.8, 4) is 5.75 Å². The average Bonchev–Trinajstić information content (AvgIpc) is 2.17. The van der Waals surface area contributed by atoms with Crippen LogP contribution in [0.1, 0.15) is 19.4 Å². The lowest BCUT2D eigenvalue weighted by Gasteiger charge is -2.08. The van der Waals surface area contributed by atoms with E-state index in [0.717, 1.165) is 0 Å². The first-order valence-corrected chi connectivity index (χ1v) is 4.30. The van der Waals surface area contributed by atoms with Gasteiger partial charge in [0.2, 0.25) is 0 Å². The van der Waals surface area contributed by atoms with Crippen LogP contribution in [-0.4, -0.2) is 17.5 Å². The molecule has 1 aromatic rings. The molecule has 0 aromatic heterocycles. The third-order valence-electron chi connectivity index (χ3n) is 1.78. The SMILES string of the molecule is CCOc1cc(F)ccc1C(C)=NO. The molecule has 0 aliphatic rings. The molecular weight excluding hydrogens is 185 g/mol. The molecule has 0 unspecified atom stereocenters. The predicted molar refractivity (Wildman–Crippen MR) is 51.6 cm³/mol. The standard InChI is InChI=1S/C10H12FNO2/c1-3-14-10-6-8(11)4-5-9(10)7(2)12-13/h4-6,13H,3H2,1-2H3. The van der Waals surface area contributed by atoms with E-state index in [1.54, 1.807) is 13.8 Å². The van der Waals surface area contributed by atoms with Gasteiger partial charge in [-0.1, -0.05) is 5.16 Å². The number of benzene rings is 1. The Labute approximate surface area is 81.8 Å². The summed E-state index contributed by atoms with van der Waals surface area (Å²) in [5.41, 5.74) is 0.990. The number of halogens is 1. The lowest BCUT2D eigenvalue weighted by Crippen LogP contribution is -2.02. The number of nitrogens with zero attached hydrogens (tertiary/aromatic N) is 1. The van der Waals surface area contributed by atoms with Crippen molar-refractivity contribution in [3.63, 3.8) is 0 Å². The van der Waals surface area contributed by atoms with Gasteiger partial charge in [0, 0.05) is 11.6 Å². The molecule has 0 bridgehead atoms. The Morgan fingerprint density at radius 1 is 1.57 bits per heavy atom. The van der Waals surface area contributed by atoms with Gasteiger partial charge in [0.05, 0.1) is 12.3 Å². The van der Waals surface area contributed by atoms with Crippen LogP contribution in [0.3, 0.4) is 0 Å². The van der Waals surface area contributed by atoms with Gasteiger partial charge in [-0.15, -0.1) is 0 Å². The van der Waals surface area contributed by atoms with Gasteiger partial charge in [0.15, 0.2) is 0 Å². The number of oxime groups is 1. The number of hydrogen-bond donors (Lipinski definition) is 1. The van der Waals surface area contributed by atoms with Gasteiger partial charge in [-0.25, -0.2) is 4.39 Å². The molecule has 0 spiro atoms. The molecule has 3 nitrogen and oxygen atoms in total. The normalized spacial score (nSPS) is 11.5. The van der Waals surface area contributed by atoms with Crippen molar-refractivity contribution in [2.75, 3.05) is 6.61 Å². The Balaban J connectivity index is 3.14. The van der Waals surface area contributed by atoms with Crippen LogP contribution in [0.15, 0.2) is 23.4 Å². The van der Waals surface area contributed by atoms with Crippen LogP contribution in [0.4, 0.5) is 4.39 Å². The minimum atomic E-state index is -0.372. The minimum Gasteiger partial charge on any atom is -0.493 e. The second-order valence-electron chi connectivity index (χ2n) is 2.76. The first kappa shape index (κ1) is 10.5. The molecule has 1 N–H and O–H groups in total. The fourth-order valence-corrected chi connectivity index (χ4v) is 1.12. The third kappa shape index (κ3) is 2.22. The first-order chi connectivity index (χ1) is 6.69. The minimum absolute atomic E-state index is 0.372. The van der Waals surface area contributed by atoms with E-state index in [0.29, 0.717) is 23.6 Å². The third-order valence-corrected chi connectivity index (χ3v) is 1.78. The lowest BCUT2D eigenvalue weighted by molar-refractivity contribution is 0.317. The summed E-state index contributed by atoms with van der Waals surface area (Å²) in [7, 11) is 0. The van der Waals surface area contributed by atoms with Crippen molar-refractivity contribution in [1.82, 2.24) is 0 Å². The van der Waals surface area contributed by atoms with Crippen molar-refractivity contribution in [1.29, 1.82) is 0 Å². The second-order valence-corrected chi connectivity index (χ2v) is 2.76. The predicted octanol–water partition coefficient (Wildman–Crippen LogP) is 2.42. The Morgan fingerprint density at radius 3 is 2.86 bits per heavy atom. The van der Waals surface area contributed by atoms with Crippen LogP contribution in [0.25, 0.3) is 0 Å². The van der Waals surface area contributed by atoms with Crippen molar-refractivity contribution < 1.29 is 14.3 Å². The topological polar surface area (TPSA) is 41.8 Å². The van der Waals surface area contributed by atoms with E-state index in [1.165, 1.54) is 18.2 Å². The highest BCUT2D eigenvalue weighted by Gasteiger charge is 2.07. The zero-order chi connectivity index (χ0) is 10.6. The molecule has 0 atom stereocenters. The van der Waals surface area contributed by atoms with E-state index in [9.17, 15) is 4.39 Å². The van der Waals surface area contributed by atoms with Crippen LogP contribution in [0.5, 0.6) is 5.75 Å². The summed E-state index contributed by atoms with van der Waals surface area (Å²) in [5.74, 6) is 0.0192. The van der Waals surface area contributed by atoms with E-state index >= 15 is 0 Å². The Bertz CT molecular complexity index is 350. The van der Waals surface area contributed by atoms with Gasteiger partial charge in [-0.3, -0.25) is 0 Å². The molecule has 0 aliphatic heterocycles. The van der Waals surface area contributed by atoms with Crippen LogP contribution >= 0.6 is 0 Å². The van der Waals surface area contributed by atoms with Gasteiger partial charge in [-0.2, -0.15) is 0 Å². The van der Waals surface area contributed by atoms with Crippen LogP contribution in [0, 0.1) is 5.82 Å². The molecular formula is C10H12FNO2. The number of ether oxygens (including phenoxy) is 1. The van der Waals surface area contributed by atoms with E-state index in [1.807, 2.05) is 0 Å². The summed E-state index contributed by atoms with van der Waals surface area (Å²) in [4.78, 5) is 0. The fourth-order valence-electron chi connectivity index (χ4n) is 1.12. The fraction of sp³-hybridized carbons (Fsp3) is 0.300. The van der Waals surface area contributed by atoms with Gasteiger partial charge >= 0.3 is 0 Å². The van der Waals surface area contributed by atoms with Gasteiger partial charge in [0.1, 0.15) is 11.6 Å². The lowest BCUT2D eigenvalue weighted by atomic mass is 10.1. The molecule has 0 radical (unpaired) electrons. The van der Waals surface area contributed by atoms with Crippen LogP contribution < -0.4 is 4.74 Å². The van der Waals surface area contributed by atoms with Crippen LogP contribution in [-0.2, 0) is 0 Å². The molecule has 0 saturated heterocycles. The summed E-state index contributed by atoms with van der Waals surface area (Å²) in [5, 5.41) is 11.6. The molecule has 0 fully saturated rings. The first-order valence-electron chi connectivity index (χ1n) is 4.30. The second kappa shape index (κ2) is 4.60. The quantitative estimate of drug-likeness (QED) is 0.459. The molecule has 14 heavy (non-hydrogen) atoms.